The Balaban J connectivity index is 2.98. The van der Waals surface area contributed by atoms with E-state index >= 15 is 0 Å². The fourth-order valence-electron chi connectivity index (χ4n) is 1.12. The molecule has 80 valence electrons. The van der Waals surface area contributed by atoms with E-state index in [1.165, 1.54) is 12.1 Å². The van der Waals surface area contributed by atoms with Crippen molar-refractivity contribution in [1.29, 1.82) is 0 Å². The van der Waals surface area contributed by atoms with Gasteiger partial charge in [-0.25, -0.2) is 0 Å². The summed E-state index contributed by atoms with van der Waals surface area (Å²) < 4.78 is 0.606. The van der Waals surface area contributed by atoms with E-state index in [4.69, 9.17) is 0 Å². The van der Waals surface area contributed by atoms with Crippen molar-refractivity contribution in [3.63, 3.8) is 0 Å². The molecule has 1 aromatic rings. The van der Waals surface area contributed by atoms with Crippen molar-refractivity contribution in [3.05, 3.63) is 38.3 Å². The van der Waals surface area contributed by atoms with Crippen LogP contribution in [0.3, 0.4) is 0 Å². The summed E-state index contributed by atoms with van der Waals surface area (Å²) in [6.07, 6.45) is 0.200. The maximum atomic E-state index is 11.1. The van der Waals surface area contributed by atoms with Gasteiger partial charge in [0.15, 0.2) is 0 Å². The zero-order chi connectivity index (χ0) is 11.4. The molecule has 1 aromatic carbocycles. The maximum Gasteiger partial charge on any atom is 0.270 e. The number of carbonyl (C=O) groups excluding carboxylic acids is 1. The van der Waals surface area contributed by atoms with E-state index in [1.807, 2.05) is 0 Å². The van der Waals surface area contributed by atoms with Crippen LogP contribution in [-0.2, 0) is 11.2 Å². The second kappa shape index (κ2) is 5.37. The zero-order valence-corrected chi connectivity index (χ0v) is 10.7. The third kappa shape index (κ3) is 3.71. The second-order valence-electron chi connectivity index (χ2n) is 2.92. The summed E-state index contributed by atoms with van der Waals surface area (Å²) in [6.45, 7) is 0. The number of rotatable bonds is 4. The van der Waals surface area contributed by atoms with Gasteiger partial charge >= 0.3 is 0 Å². The first-order valence-corrected chi connectivity index (χ1v) is 5.96. The number of hydrogen-bond donors (Lipinski definition) is 0. The summed E-state index contributed by atoms with van der Waals surface area (Å²) in [4.78, 5) is 21.2. The second-order valence-corrected chi connectivity index (χ2v) is 4.40. The van der Waals surface area contributed by atoms with Crippen LogP contribution in [0.5, 0.6) is 0 Å². The van der Waals surface area contributed by atoms with Crippen LogP contribution in [0.15, 0.2) is 22.7 Å². The number of nitrogens with zero attached hydrogens (tertiary/aromatic N) is 1. The molecule has 6 heteroatoms. The van der Waals surface area contributed by atoms with E-state index in [1.54, 1.807) is 6.07 Å². The Morgan fingerprint density at radius 1 is 1.40 bits per heavy atom. The standard InChI is InChI=1S/C9H7Br2NO3/c10-5-9(13)3-6-1-7(11)4-8(2-6)12(14)15/h1-2,4H,3,5H2. The Morgan fingerprint density at radius 2 is 2.07 bits per heavy atom. The van der Waals surface area contributed by atoms with Crippen molar-refractivity contribution in [2.75, 3.05) is 5.33 Å². The van der Waals surface area contributed by atoms with Crippen molar-refractivity contribution >= 4 is 43.3 Å². The Labute approximate surface area is 103 Å². The van der Waals surface area contributed by atoms with Gasteiger partial charge in [0, 0.05) is 23.0 Å². The van der Waals surface area contributed by atoms with Crippen LogP contribution >= 0.6 is 31.9 Å². The van der Waals surface area contributed by atoms with Crippen LogP contribution in [0.25, 0.3) is 0 Å². The molecular weight excluding hydrogens is 330 g/mol. The number of halogens is 2. The summed E-state index contributed by atoms with van der Waals surface area (Å²) in [5.74, 6) is -0.0117. The van der Waals surface area contributed by atoms with Crippen molar-refractivity contribution < 1.29 is 9.72 Å². The molecular formula is C9H7Br2NO3. The smallest absolute Gasteiger partial charge is 0.270 e. The van der Waals surface area contributed by atoms with Gasteiger partial charge < -0.3 is 0 Å². The highest BCUT2D eigenvalue weighted by atomic mass is 79.9. The number of nitro benzene ring substituents is 1. The highest BCUT2D eigenvalue weighted by Gasteiger charge is 2.10. The van der Waals surface area contributed by atoms with Crippen molar-refractivity contribution in [1.82, 2.24) is 0 Å². The Hall–Kier alpha value is -0.750. The van der Waals surface area contributed by atoms with Gasteiger partial charge in [0.2, 0.25) is 0 Å². The van der Waals surface area contributed by atoms with Crippen molar-refractivity contribution in [3.8, 4) is 0 Å². The predicted molar refractivity (Wildman–Crippen MR) is 63.3 cm³/mol. The van der Waals surface area contributed by atoms with Crippen LogP contribution in [0.1, 0.15) is 5.56 Å². The average molecular weight is 337 g/mol. The van der Waals surface area contributed by atoms with Gasteiger partial charge in [-0.2, -0.15) is 0 Å². The Morgan fingerprint density at radius 3 is 2.60 bits per heavy atom. The molecule has 0 fully saturated rings. The van der Waals surface area contributed by atoms with Gasteiger partial charge in [-0.3, -0.25) is 14.9 Å². The SMILES string of the molecule is O=C(CBr)Cc1cc(Br)cc([N+](=O)[O-])c1. The van der Waals surface area contributed by atoms with E-state index < -0.39 is 4.92 Å². The van der Waals surface area contributed by atoms with Gasteiger partial charge in [-0.05, 0) is 11.6 Å². The van der Waals surface area contributed by atoms with Crippen LogP contribution < -0.4 is 0 Å². The molecule has 0 aliphatic heterocycles. The Bertz CT molecular complexity index is 406. The van der Waals surface area contributed by atoms with E-state index in [0.29, 0.717) is 10.0 Å². The number of Topliss-reactive ketones (excluding diaryl/α,β-unsaturated/α-hetero) is 1. The molecule has 0 atom stereocenters. The quantitative estimate of drug-likeness (QED) is 0.482. The molecule has 0 spiro atoms. The normalized spacial score (nSPS) is 10.0. The molecule has 0 saturated heterocycles. The minimum absolute atomic E-state index is 0.0117. The number of nitro groups is 1. The fourth-order valence-corrected chi connectivity index (χ4v) is 1.84. The van der Waals surface area contributed by atoms with E-state index in [9.17, 15) is 14.9 Å². The first-order chi connectivity index (χ1) is 7.02. The lowest BCUT2D eigenvalue weighted by atomic mass is 10.1. The van der Waals surface area contributed by atoms with Gasteiger partial charge in [0.05, 0.1) is 10.3 Å². The van der Waals surface area contributed by atoms with Crippen molar-refractivity contribution in [2.45, 2.75) is 6.42 Å². The fraction of sp³-hybridized carbons (Fsp3) is 0.222. The summed E-state index contributed by atoms with van der Waals surface area (Å²) in [6, 6.07) is 4.51. The molecule has 1 rings (SSSR count). The van der Waals surface area contributed by atoms with Gasteiger partial charge in [-0.1, -0.05) is 31.9 Å². The summed E-state index contributed by atoms with van der Waals surface area (Å²) >= 11 is 6.21. The summed E-state index contributed by atoms with van der Waals surface area (Å²) in [7, 11) is 0. The van der Waals surface area contributed by atoms with E-state index in [0.717, 1.165) is 0 Å². The van der Waals surface area contributed by atoms with Gasteiger partial charge in [-0.15, -0.1) is 0 Å². The van der Waals surface area contributed by atoms with Gasteiger partial charge in [0.1, 0.15) is 5.78 Å². The van der Waals surface area contributed by atoms with Crippen LogP contribution in [0, 0.1) is 10.1 Å². The molecule has 0 saturated carbocycles. The summed E-state index contributed by atoms with van der Waals surface area (Å²) in [5, 5.41) is 10.8. The first-order valence-electron chi connectivity index (χ1n) is 4.04. The first kappa shape index (κ1) is 12.3. The van der Waals surface area contributed by atoms with Crippen LogP contribution in [0.4, 0.5) is 5.69 Å². The predicted octanol–water partition coefficient (Wildman–Crippen LogP) is 2.86. The monoisotopic (exact) mass is 335 g/mol. The molecule has 15 heavy (non-hydrogen) atoms. The highest BCUT2D eigenvalue weighted by molar-refractivity contribution is 9.10. The van der Waals surface area contributed by atoms with E-state index in [-0.39, 0.29) is 23.2 Å². The highest BCUT2D eigenvalue weighted by Crippen LogP contribution is 2.21. The molecule has 0 heterocycles. The molecule has 0 radical (unpaired) electrons. The third-order valence-corrected chi connectivity index (χ3v) is 2.79. The third-order valence-electron chi connectivity index (χ3n) is 1.70. The molecule has 0 aliphatic rings. The average Bonchev–Trinajstić information content (AvgIpc) is 2.16. The molecule has 0 amide bonds. The number of ketones is 1. The molecule has 0 aliphatic carbocycles. The van der Waals surface area contributed by atoms with Crippen molar-refractivity contribution in [2.24, 2.45) is 0 Å². The lowest BCUT2D eigenvalue weighted by molar-refractivity contribution is -0.385. The minimum atomic E-state index is -0.479. The topological polar surface area (TPSA) is 60.2 Å². The van der Waals surface area contributed by atoms with Crippen LogP contribution in [0.2, 0.25) is 0 Å². The maximum absolute atomic E-state index is 11.1. The Kier molecular flexibility index (Phi) is 4.41. The number of alkyl halides is 1. The summed E-state index contributed by atoms with van der Waals surface area (Å²) in [5.41, 5.74) is 0.627. The van der Waals surface area contributed by atoms with E-state index in [2.05, 4.69) is 31.9 Å². The number of hydrogen-bond acceptors (Lipinski definition) is 3. The van der Waals surface area contributed by atoms with Gasteiger partial charge in [0.25, 0.3) is 5.69 Å². The molecule has 0 bridgehead atoms. The molecule has 0 unspecified atom stereocenters. The number of benzene rings is 1. The zero-order valence-electron chi connectivity index (χ0n) is 7.57. The number of non-ortho nitro benzene ring substituents is 1. The van der Waals surface area contributed by atoms with Crippen LogP contribution in [-0.4, -0.2) is 16.0 Å². The molecule has 4 nitrogen and oxygen atoms in total. The molecule has 0 N–H and O–H groups in total. The largest absolute Gasteiger partial charge is 0.298 e. The molecule has 0 aromatic heterocycles. The number of carbonyl (C=O) groups is 1. The minimum Gasteiger partial charge on any atom is -0.298 e. The lowest BCUT2D eigenvalue weighted by Crippen LogP contribution is -2.03. The lowest BCUT2D eigenvalue weighted by Gasteiger charge is -2.00.